The maximum absolute atomic E-state index is 12.7. The molecule has 1 fully saturated rings. The molecule has 1 aromatic heterocycles. The van der Waals surface area contributed by atoms with Gasteiger partial charge in [0.25, 0.3) is 5.69 Å². The van der Waals surface area contributed by atoms with E-state index in [0.717, 1.165) is 5.56 Å². The van der Waals surface area contributed by atoms with Crippen LogP contribution in [-0.4, -0.2) is 46.0 Å². The van der Waals surface area contributed by atoms with Crippen molar-refractivity contribution in [1.29, 1.82) is 0 Å². The number of likely N-dealkylation sites (tertiary alicyclic amines) is 1. The number of piperidine rings is 1. The number of esters is 1. The Morgan fingerprint density at radius 2 is 1.78 bits per heavy atom. The van der Waals surface area contributed by atoms with Crippen molar-refractivity contribution in [2.24, 2.45) is 0 Å². The summed E-state index contributed by atoms with van der Waals surface area (Å²) in [6, 6.07) is 12.1. The number of hydrogen-bond donors (Lipinski definition) is 2. The molecule has 0 radical (unpaired) electrons. The number of nitro groups is 1. The Morgan fingerprint density at radius 3 is 2.41 bits per heavy atom. The fraction of sp³-hybridized carbons (Fsp3) is 0.318. The number of nitrogens with zero attached hydrogens (tertiary/aromatic N) is 2. The molecular formula is C22H22N4O6. The van der Waals surface area contributed by atoms with Gasteiger partial charge in [-0.1, -0.05) is 30.3 Å². The number of methoxy groups -OCH3 is 1. The van der Waals surface area contributed by atoms with E-state index in [1.807, 2.05) is 30.3 Å². The second-order valence-electron chi connectivity index (χ2n) is 7.91. The van der Waals surface area contributed by atoms with Crippen molar-refractivity contribution in [1.82, 2.24) is 14.9 Å². The van der Waals surface area contributed by atoms with Crippen molar-refractivity contribution >= 4 is 22.7 Å². The van der Waals surface area contributed by atoms with Crippen LogP contribution in [-0.2, 0) is 21.5 Å². The van der Waals surface area contributed by atoms with E-state index in [1.165, 1.54) is 19.2 Å². The minimum Gasteiger partial charge on any atom is -0.468 e. The minimum absolute atomic E-state index is 0.180. The number of H-pyrrole nitrogens is 2. The number of carbonyl (C=O) groups excluding carboxylic acids is 1. The van der Waals surface area contributed by atoms with Gasteiger partial charge in [-0.15, -0.1) is 0 Å². The highest BCUT2D eigenvalue weighted by molar-refractivity contribution is 5.83. The Balaban J connectivity index is 1.65. The zero-order chi connectivity index (χ0) is 22.9. The number of benzene rings is 2. The van der Waals surface area contributed by atoms with Crippen LogP contribution in [0.3, 0.4) is 0 Å². The summed E-state index contributed by atoms with van der Waals surface area (Å²) in [4.78, 5) is 54.1. The van der Waals surface area contributed by atoms with E-state index in [-0.39, 0.29) is 17.2 Å². The molecule has 3 aromatic rings. The molecule has 0 amide bonds. The average Bonchev–Trinajstić information content (AvgIpc) is 2.80. The topological polar surface area (TPSA) is 138 Å². The van der Waals surface area contributed by atoms with Crippen LogP contribution >= 0.6 is 0 Å². The van der Waals surface area contributed by atoms with Gasteiger partial charge in [0.1, 0.15) is 0 Å². The number of aromatic nitrogens is 2. The third-order valence-corrected chi connectivity index (χ3v) is 6.11. The fourth-order valence-electron chi connectivity index (χ4n) is 4.41. The molecule has 166 valence electrons. The van der Waals surface area contributed by atoms with Gasteiger partial charge in [0.2, 0.25) is 0 Å². The van der Waals surface area contributed by atoms with E-state index in [2.05, 4.69) is 14.9 Å². The Bertz CT molecular complexity index is 1290. The number of carbonyl (C=O) groups is 1. The van der Waals surface area contributed by atoms with Gasteiger partial charge in [0, 0.05) is 18.7 Å². The Morgan fingerprint density at radius 1 is 1.12 bits per heavy atom. The molecule has 1 aliphatic heterocycles. The van der Waals surface area contributed by atoms with E-state index in [9.17, 15) is 24.5 Å². The number of nitrogens with one attached hydrogen (secondary N) is 2. The summed E-state index contributed by atoms with van der Waals surface area (Å²) in [6.45, 7) is 1.40. The van der Waals surface area contributed by atoms with E-state index in [0.29, 0.717) is 43.6 Å². The van der Waals surface area contributed by atoms with E-state index >= 15 is 0 Å². The van der Waals surface area contributed by atoms with Crippen molar-refractivity contribution in [2.45, 2.75) is 24.8 Å². The van der Waals surface area contributed by atoms with Crippen molar-refractivity contribution in [3.8, 4) is 0 Å². The van der Waals surface area contributed by atoms with Crippen LogP contribution in [0.5, 0.6) is 0 Å². The molecule has 10 nitrogen and oxygen atoms in total. The molecule has 0 bridgehead atoms. The Kier molecular flexibility index (Phi) is 5.62. The van der Waals surface area contributed by atoms with Crippen LogP contribution in [0.1, 0.15) is 24.0 Å². The van der Waals surface area contributed by atoms with Gasteiger partial charge in [-0.2, -0.15) is 0 Å². The first-order valence-corrected chi connectivity index (χ1v) is 10.1. The largest absolute Gasteiger partial charge is 0.468 e. The number of nitro benzene ring substituents is 1. The number of ether oxygens (including phenoxy) is 1. The lowest BCUT2D eigenvalue weighted by Gasteiger charge is -2.40. The molecule has 4 rings (SSSR count). The quantitative estimate of drug-likeness (QED) is 0.268. The van der Waals surface area contributed by atoms with Crippen molar-refractivity contribution in [3.63, 3.8) is 0 Å². The standard InChI is InChI=1S/C22H22N4O6/c1-32-21(29)22(15-5-3-2-4-6-15)7-9-25(10-8-22)13-14-11-16(26(30)31)12-17-18(14)24-20(28)19(27)23-17/h2-6,11-12H,7-10,13H2,1H3,(H,23,27)(H,24,28). The van der Waals surface area contributed by atoms with Crippen molar-refractivity contribution in [3.05, 3.63) is 84.4 Å². The number of rotatable bonds is 5. The normalized spacial score (nSPS) is 16.0. The average molecular weight is 438 g/mol. The monoisotopic (exact) mass is 438 g/mol. The first-order chi connectivity index (χ1) is 15.3. The highest BCUT2D eigenvalue weighted by Crippen LogP contribution is 2.37. The van der Waals surface area contributed by atoms with Gasteiger partial charge in [0.15, 0.2) is 0 Å². The Hall–Kier alpha value is -3.79. The first-order valence-electron chi connectivity index (χ1n) is 10.1. The molecule has 10 heteroatoms. The maximum atomic E-state index is 12.7. The minimum atomic E-state index is -0.868. The lowest BCUT2D eigenvalue weighted by Crippen LogP contribution is -2.47. The van der Waals surface area contributed by atoms with E-state index in [1.54, 1.807) is 0 Å². The molecule has 2 aromatic carbocycles. The number of fused-ring (bicyclic) bond motifs is 1. The van der Waals surface area contributed by atoms with Crippen LogP contribution in [0.15, 0.2) is 52.1 Å². The fourth-order valence-corrected chi connectivity index (χ4v) is 4.41. The summed E-state index contributed by atoms with van der Waals surface area (Å²) in [5.41, 5.74) is -0.649. The number of hydrogen-bond acceptors (Lipinski definition) is 7. The lowest BCUT2D eigenvalue weighted by molar-refractivity contribution is -0.384. The molecule has 0 aliphatic carbocycles. The molecule has 0 spiro atoms. The molecular weight excluding hydrogens is 416 g/mol. The van der Waals surface area contributed by atoms with Gasteiger partial charge in [-0.3, -0.25) is 29.4 Å². The number of aromatic amines is 2. The Labute approximate surface area is 182 Å². The van der Waals surface area contributed by atoms with Crippen LogP contribution in [0.2, 0.25) is 0 Å². The third kappa shape index (κ3) is 3.80. The van der Waals surface area contributed by atoms with Crippen molar-refractivity contribution in [2.75, 3.05) is 20.2 Å². The molecule has 32 heavy (non-hydrogen) atoms. The van der Waals surface area contributed by atoms with Crippen LogP contribution in [0.4, 0.5) is 5.69 Å². The molecule has 0 saturated carbocycles. The van der Waals surface area contributed by atoms with Gasteiger partial charge < -0.3 is 14.7 Å². The predicted octanol–water partition coefficient (Wildman–Crippen LogP) is 1.83. The second kappa shape index (κ2) is 8.39. The zero-order valence-electron chi connectivity index (χ0n) is 17.4. The molecule has 1 aliphatic rings. The molecule has 2 N–H and O–H groups in total. The summed E-state index contributed by atoms with van der Waals surface area (Å²) >= 11 is 0. The van der Waals surface area contributed by atoms with Gasteiger partial charge in [0.05, 0.1) is 28.5 Å². The van der Waals surface area contributed by atoms with E-state index in [4.69, 9.17) is 4.74 Å². The van der Waals surface area contributed by atoms with Crippen LogP contribution in [0.25, 0.3) is 11.0 Å². The third-order valence-electron chi connectivity index (χ3n) is 6.11. The van der Waals surface area contributed by atoms with Crippen LogP contribution in [0, 0.1) is 10.1 Å². The molecule has 2 heterocycles. The van der Waals surface area contributed by atoms with E-state index < -0.39 is 21.5 Å². The van der Waals surface area contributed by atoms with Crippen molar-refractivity contribution < 1.29 is 14.5 Å². The highest BCUT2D eigenvalue weighted by Gasteiger charge is 2.43. The maximum Gasteiger partial charge on any atom is 0.316 e. The van der Waals surface area contributed by atoms with Gasteiger partial charge in [-0.05, 0) is 37.1 Å². The molecule has 1 saturated heterocycles. The highest BCUT2D eigenvalue weighted by atomic mass is 16.6. The second-order valence-corrected chi connectivity index (χ2v) is 7.91. The predicted molar refractivity (Wildman–Crippen MR) is 116 cm³/mol. The van der Waals surface area contributed by atoms with Crippen LogP contribution < -0.4 is 11.1 Å². The summed E-state index contributed by atoms with van der Waals surface area (Å²) in [5.74, 6) is -0.286. The summed E-state index contributed by atoms with van der Waals surface area (Å²) in [5, 5.41) is 11.4. The SMILES string of the molecule is COC(=O)C1(c2ccccc2)CCN(Cc2cc([N+](=O)[O-])cc3[nH]c(=O)c(=O)[nH]c23)CC1. The summed E-state index contributed by atoms with van der Waals surface area (Å²) in [7, 11) is 1.38. The summed E-state index contributed by atoms with van der Waals surface area (Å²) in [6.07, 6.45) is 1.04. The number of non-ortho nitro benzene ring substituents is 1. The molecule has 0 unspecified atom stereocenters. The first kappa shape index (κ1) is 21.4. The smallest absolute Gasteiger partial charge is 0.316 e. The zero-order valence-corrected chi connectivity index (χ0v) is 17.4. The van der Waals surface area contributed by atoms with Gasteiger partial charge in [-0.25, -0.2) is 0 Å². The van der Waals surface area contributed by atoms with Gasteiger partial charge >= 0.3 is 17.1 Å². The lowest BCUT2D eigenvalue weighted by atomic mass is 9.72. The summed E-state index contributed by atoms with van der Waals surface area (Å²) < 4.78 is 5.12. The molecule has 0 atom stereocenters.